The average molecular weight is 328 g/mol. The fourth-order valence-electron chi connectivity index (χ4n) is 1.57. The maximum Gasteiger partial charge on any atom is 0.505 e. The van der Waals surface area contributed by atoms with Crippen LogP contribution in [-0.4, -0.2) is 29.9 Å². The van der Waals surface area contributed by atoms with Gasteiger partial charge in [0.2, 0.25) is 0 Å². The van der Waals surface area contributed by atoms with Gasteiger partial charge in [0.05, 0.1) is 5.70 Å². The number of benzene rings is 1. The molecule has 7 heteroatoms. The molecule has 1 heterocycles. The second-order valence-electron chi connectivity index (χ2n) is 3.69. The number of para-hydroxylation sites is 1. The van der Waals surface area contributed by atoms with Crippen LogP contribution in [0.4, 0.5) is 10.5 Å². The van der Waals surface area contributed by atoms with Gasteiger partial charge in [0.1, 0.15) is 11.1 Å². The number of halogens is 1. The van der Waals surface area contributed by atoms with Crippen LogP contribution in [0.3, 0.4) is 0 Å². The second-order valence-corrected chi connectivity index (χ2v) is 4.48. The van der Waals surface area contributed by atoms with Crippen molar-refractivity contribution in [3.05, 3.63) is 40.5 Å². The lowest BCUT2D eigenvalue weighted by Gasteiger charge is -2.15. The first-order valence-electron chi connectivity index (χ1n) is 5.36. The summed E-state index contributed by atoms with van der Waals surface area (Å²) in [5.74, 6) is -0.558. The minimum absolute atomic E-state index is 0.232. The van der Waals surface area contributed by atoms with E-state index in [0.717, 1.165) is 5.69 Å². The summed E-state index contributed by atoms with van der Waals surface area (Å²) in [5, 5.41) is 11.5. The van der Waals surface area contributed by atoms with Gasteiger partial charge in [-0.05, 0) is 28.1 Å². The zero-order chi connectivity index (χ0) is 13.8. The lowest BCUT2D eigenvalue weighted by atomic mass is 10.2. The first-order valence-corrected chi connectivity index (χ1v) is 6.15. The third kappa shape index (κ3) is 3.25. The van der Waals surface area contributed by atoms with Crippen molar-refractivity contribution in [2.75, 3.05) is 11.9 Å². The van der Waals surface area contributed by atoms with Crippen LogP contribution in [0.25, 0.3) is 0 Å². The molecule has 1 aromatic rings. The first kappa shape index (κ1) is 13.4. The summed E-state index contributed by atoms with van der Waals surface area (Å²) in [4.78, 5) is 21.8. The van der Waals surface area contributed by atoms with Gasteiger partial charge in [0.25, 0.3) is 0 Å². The third-order valence-corrected chi connectivity index (χ3v) is 3.15. The van der Waals surface area contributed by atoms with Gasteiger partial charge in [-0.3, -0.25) is 0 Å². The fraction of sp³-hybridized carbons (Fsp3) is 0.167. The molecule has 0 radical (unpaired) electrons. The number of hydrogen-bond donors (Lipinski definition) is 2. The van der Waals surface area contributed by atoms with Crippen molar-refractivity contribution in [1.82, 2.24) is 0 Å². The van der Waals surface area contributed by atoms with E-state index in [1.165, 1.54) is 0 Å². The van der Waals surface area contributed by atoms with Gasteiger partial charge in [0, 0.05) is 5.69 Å². The van der Waals surface area contributed by atoms with Gasteiger partial charge in [-0.2, -0.15) is 0 Å². The van der Waals surface area contributed by atoms with Crippen LogP contribution in [0.5, 0.6) is 0 Å². The van der Waals surface area contributed by atoms with E-state index >= 15 is 0 Å². The summed E-state index contributed by atoms with van der Waals surface area (Å²) in [6.07, 6.45) is -2.20. The van der Waals surface area contributed by atoms with E-state index in [2.05, 4.69) is 26.0 Å². The minimum atomic E-state index is -1.42. The maximum absolute atomic E-state index is 11.5. The molecule has 19 heavy (non-hydrogen) atoms. The lowest BCUT2D eigenvalue weighted by molar-refractivity contribution is -0.140. The van der Waals surface area contributed by atoms with Crippen LogP contribution in [0.15, 0.2) is 40.5 Å². The number of esters is 1. The molecule has 100 valence electrons. The summed E-state index contributed by atoms with van der Waals surface area (Å²) < 4.78 is 9.66. The Morgan fingerprint density at radius 1 is 1.42 bits per heavy atom. The molecule has 0 aliphatic carbocycles. The fourth-order valence-corrected chi connectivity index (χ4v) is 2.02. The van der Waals surface area contributed by atoms with E-state index in [9.17, 15) is 9.59 Å². The van der Waals surface area contributed by atoms with Gasteiger partial charge in [-0.1, -0.05) is 18.2 Å². The summed E-state index contributed by atoms with van der Waals surface area (Å²) in [6.45, 7) is -0.259. The van der Waals surface area contributed by atoms with E-state index in [1.54, 1.807) is 0 Å². The largest absolute Gasteiger partial charge is 0.505 e. The molecule has 2 N–H and O–H groups in total. The Labute approximate surface area is 117 Å². The molecule has 1 unspecified atom stereocenters. The molecular weight excluding hydrogens is 318 g/mol. The highest BCUT2D eigenvalue weighted by molar-refractivity contribution is 9.12. The molecule has 1 aliphatic rings. The predicted octanol–water partition coefficient (Wildman–Crippen LogP) is 2.33. The Hall–Kier alpha value is -2.02. The normalized spacial score (nSPS) is 18.2. The Morgan fingerprint density at radius 3 is 2.74 bits per heavy atom. The number of hydrogen-bond acceptors (Lipinski definition) is 5. The molecule has 1 aliphatic heterocycles. The lowest BCUT2D eigenvalue weighted by Crippen LogP contribution is -2.24. The van der Waals surface area contributed by atoms with E-state index in [1.807, 2.05) is 30.3 Å². The van der Waals surface area contributed by atoms with Crippen LogP contribution in [0, 0.1) is 0 Å². The SMILES string of the molecule is O=C(O)OCC1OC(=O)C(Br)=C1Nc1ccccc1. The Kier molecular flexibility index (Phi) is 4.06. The number of carboxylic acid groups (broad SMARTS) is 1. The Balaban J connectivity index is 2.13. The van der Waals surface area contributed by atoms with Gasteiger partial charge in [-0.15, -0.1) is 0 Å². The van der Waals surface area contributed by atoms with E-state index in [0.29, 0.717) is 5.70 Å². The molecule has 0 aromatic heterocycles. The summed E-state index contributed by atoms with van der Waals surface area (Å²) in [6, 6.07) is 9.14. The van der Waals surface area contributed by atoms with Crippen molar-refractivity contribution in [1.29, 1.82) is 0 Å². The highest BCUT2D eigenvalue weighted by Gasteiger charge is 2.34. The maximum atomic E-state index is 11.5. The van der Waals surface area contributed by atoms with E-state index in [4.69, 9.17) is 9.84 Å². The molecule has 0 spiro atoms. The molecule has 1 atom stereocenters. The average Bonchev–Trinajstić information content (AvgIpc) is 2.65. The van der Waals surface area contributed by atoms with Crippen molar-refractivity contribution in [3.8, 4) is 0 Å². The number of cyclic esters (lactones) is 1. The van der Waals surface area contributed by atoms with Crippen molar-refractivity contribution < 1.29 is 24.2 Å². The van der Waals surface area contributed by atoms with E-state index < -0.39 is 18.2 Å². The molecule has 0 saturated carbocycles. The van der Waals surface area contributed by atoms with Crippen LogP contribution in [0.2, 0.25) is 0 Å². The molecular formula is C12H10BrNO5. The number of carbonyl (C=O) groups is 2. The summed E-state index contributed by atoms with van der Waals surface area (Å²) >= 11 is 3.11. The topological polar surface area (TPSA) is 84.9 Å². The number of anilines is 1. The van der Waals surface area contributed by atoms with E-state index in [-0.39, 0.29) is 11.1 Å². The van der Waals surface area contributed by atoms with Gasteiger partial charge in [-0.25, -0.2) is 9.59 Å². The molecule has 0 fully saturated rings. The Morgan fingerprint density at radius 2 is 2.11 bits per heavy atom. The molecule has 2 rings (SSSR count). The van der Waals surface area contributed by atoms with Crippen LogP contribution in [0.1, 0.15) is 0 Å². The molecule has 1 aromatic carbocycles. The van der Waals surface area contributed by atoms with Crippen molar-refractivity contribution in [3.63, 3.8) is 0 Å². The minimum Gasteiger partial charge on any atom is -0.450 e. The quantitative estimate of drug-likeness (QED) is 0.825. The zero-order valence-electron chi connectivity index (χ0n) is 9.63. The van der Waals surface area contributed by atoms with Gasteiger partial charge >= 0.3 is 12.1 Å². The zero-order valence-corrected chi connectivity index (χ0v) is 11.2. The second kappa shape index (κ2) is 5.75. The van der Waals surface area contributed by atoms with Gasteiger partial charge in [0.15, 0.2) is 6.10 Å². The van der Waals surface area contributed by atoms with Crippen LogP contribution >= 0.6 is 15.9 Å². The van der Waals surface area contributed by atoms with Crippen LogP contribution < -0.4 is 5.32 Å². The van der Waals surface area contributed by atoms with Crippen LogP contribution in [-0.2, 0) is 14.3 Å². The number of rotatable bonds is 4. The molecule has 6 nitrogen and oxygen atoms in total. The summed E-state index contributed by atoms with van der Waals surface area (Å²) in [5.41, 5.74) is 1.20. The van der Waals surface area contributed by atoms with Crippen molar-refractivity contribution >= 4 is 33.7 Å². The monoisotopic (exact) mass is 327 g/mol. The van der Waals surface area contributed by atoms with Crippen molar-refractivity contribution in [2.45, 2.75) is 6.10 Å². The molecule has 0 bridgehead atoms. The molecule has 0 saturated heterocycles. The number of carbonyl (C=O) groups excluding carboxylic acids is 1. The highest BCUT2D eigenvalue weighted by atomic mass is 79.9. The smallest absolute Gasteiger partial charge is 0.450 e. The predicted molar refractivity (Wildman–Crippen MR) is 69.9 cm³/mol. The standard InChI is InChI=1S/C12H10BrNO5/c13-9-10(14-7-4-2-1-3-5-7)8(19-11(9)15)6-18-12(16)17/h1-5,8,14H,6H2,(H,16,17). The molecule has 0 amide bonds. The number of nitrogens with one attached hydrogen (secondary N) is 1. The Bertz CT molecular complexity index is 528. The number of ether oxygens (including phenoxy) is 2. The summed E-state index contributed by atoms with van der Waals surface area (Å²) in [7, 11) is 0. The van der Waals surface area contributed by atoms with Gasteiger partial charge < -0.3 is 19.9 Å². The third-order valence-electron chi connectivity index (χ3n) is 2.40. The first-order chi connectivity index (χ1) is 9.08. The van der Waals surface area contributed by atoms with Crippen molar-refractivity contribution in [2.24, 2.45) is 0 Å². The highest BCUT2D eigenvalue weighted by Crippen LogP contribution is 2.28.